The molecule has 0 radical (unpaired) electrons. The van der Waals surface area contributed by atoms with Gasteiger partial charge in [0.15, 0.2) is 0 Å². The minimum atomic E-state index is 0.0447. The number of rotatable bonds is 4. The fourth-order valence-electron chi connectivity index (χ4n) is 2.67. The van der Waals surface area contributed by atoms with Gasteiger partial charge in [0.2, 0.25) is 0 Å². The Morgan fingerprint density at radius 2 is 2.30 bits per heavy atom. The van der Waals surface area contributed by atoms with Gasteiger partial charge in [-0.05, 0) is 24.0 Å². The second kappa shape index (κ2) is 5.98. The van der Waals surface area contributed by atoms with Crippen molar-refractivity contribution in [2.24, 2.45) is 0 Å². The van der Waals surface area contributed by atoms with Gasteiger partial charge >= 0.3 is 0 Å². The van der Waals surface area contributed by atoms with Crippen LogP contribution in [0.3, 0.4) is 0 Å². The minimum Gasteiger partial charge on any atom is -0.371 e. The molecule has 0 amide bonds. The maximum Gasteiger partial charge on any atom is 0.102 e. The largest absolute Gasteiger partial charge is 0.371 e. The van der Waals surface area contributed by atoms with E-state index in [1.54, 1.807) is 0 Å². The van der Waals surface area contributed by atoms with E-state index in [4.69, 9.17) is 16.3 Å². The van der Waals surface area contributed by atoms with E-state index in [0.29, 0.717) is 0 Å². The highest BCUT2D eigenvalue weighted by Crippen LogP contribution is 2.29. The quantitative estimate of drug-likeness (QED) is 0.799. The predicted molar refractivity (Wildman–Crippen MR) is 80.0 cm³/mol. The van der Waals surface area contributed by atoms with Crippen molar-refractivity contribution in [1.82, 2.24) is 9.78 Å². The van der Waals surface area contributed by atoms with Crippen molar-refractivity contribution >= 4 is 11.6 Å². The van der Waals surface area contributed by atoms with Gasteiger partial charge < -0.3 is 4.74 Å². The van der Waals surface area contributed by atoms with Crippen molar-refractivity contribution in [2.75, 3.05) is 6.61 Å². The van der Waals surface area contributed by atoms with Crippen LogP contribution in [0.2, 0.25) is 0 Å². The third kappa shape index (κ3) is 2.74. The molecule has 3 nitrogen and oxygen atoms in total. The smallest absolute Gasteiger partial charge is 0.102 e. The van der Waals surface area contributed by atoms with E-state index in [1.807, 2.05) is 17.1 Å². The molecule has 0 saturated heterocycles. The van der Waals surface area contributed by atoms with E-state index in [1.165, 1.54) is 11.1 Å². The van der Waals surface area contributed by atoms with Gasteiger partial charge in [0, 0.05) is 11.8 Å². The molecule has 1 aromatic heterocycles. The fraction of sp³-hybridized carbons (Fsp3) is 0.438. The van der Waals surface area contributed by atoms with Crippen LogP contribution in [0, 0.1) is 0 Å². The summed E-state index contributed by atoms with van der Waals surface area (Å²) in [5.74, 6) is 0. The van der Waals surface area contributed by atoms with Gasteiger partial charge in [-0.1, -0.05) is 31.2 Å². The highest BCUT2D eigenvalue weighted by molar-refractivity contribution is 6.20. The molecule has 2 aromatic rings. The number of aromatic nitrogens is 2. The molecular weight excluding hydrogens is 272 g/mol. The molecular formula is C16H19ClN2O. The summed E-state index contributed by atoms with van der Waals surface area (Å²) in [4.78, 5) is 0. The van der Waals surface area contributed by atoms with E-state index >= 15 is 0 Å². The lowest BCUT2D eigenvalue weighted by Gasteiger charge is -2.25. The number of hydrogen-bond donors (Lipinski definition) is 0. The molecule has 3 rings (SSSR count). The molecule has 4 heteroatoms. The van der Waals surface area contributed by atoms with E-state index in [2.05, 4.69) is 36.3 Å². The SMILES string of the molecule is CCC(Cl)c1cnn(CC2OCCc3ccccc32)c1. The zero-order valence-electron chi connectivity index (χ0n) is 11.6. The summed E-state index contributed by atoms with van der Waals surface area (Å²) >= 11 is 6.24. The molecule has 1 aliphatic rings. The standard InChI is InChI=1S/C16H19ClN2O/c1-2-15(17)13-9-18-19(10-13)11-16-14-6-4-3-5-12(14)7-8-20-16/h3-6,9-10,15-16H,2,7-8,11H2,1H3. The van der Waals surface area contributed by atoms with Crippen molar-refractivity contribution in [2.45, 2.75) is 37.8 Å². The molecule has 0 N–H and O–H groups in total. The van der Waals surface area contributed by atoms with E-state index < -0.39 is 0 Å². The molecule has 0 bridgehead atoms. The highest BCUT2D eigenvalue weighted by atomic mass is 35.5. The van der Waals surface area contributed by atoms with Gasteiger partial charge in [-0.3, -0.25) is 4.68 Å². The first kappa shape index (κ1) is 13.7. The second-order valence-electron chi connectivity index (χ2n) is 5.18. The van der Waals surface area contributed by atoms with Crippen LogP contribution in [0.1, 0.15) is 41.5 Å². The summed E-state index contributed by atoms with van der Waals surface area (Å²) in [7, 11) is 0. The van der Waals surface area contributed by atoms with Crippen LogP contribution < -0.4 is 0 Å². The molecule has 20 heavy (non-hydrogen) atoms. The van der Waals surface area contributed by atoms with Crippen molar-refractivity contribution in [1.29, 1.82) is 0 Å². The van der Waals surface area contributed by atoms with Crippen molar-refractivity contribution < 1.29 is 4.74 Å². The number of hydrogen-bond acceptors (Lipinski definition) is 2. The lowest BCUT2D eigenvalue weighted by atomic mass is 9.98. The first-order valence-corrected chi connectivity index (χ1v) is 7.57. The number of ether oxygens (including phenoxy) is 1. The number of alkyl halides is 1. The molecule has 0 spiro atoms. The lowest BCUT2D eigenvalue weighted by molar-refractivity contribution is 0.0283. The first-order chi connectivity index (χ1) is 9.78. The third-order valence-corrected chi connectivity index (χ3v) is 4.38. The van der Waals surface area contributed by atoms with Crippen LogP contribution in [-0.2, 0) is 17.7 Å². The Labute approximate surface area is 124 Å². The average molecular weight is 291 g/mol. The van der Waals surface area contributed by atoms with Crippen LogP contribution >= 0.6 is 11.6 Å². The zero-order chi connectivity index (χ0) is 13.9. The van der Waals surface area contributed by atoms with Gasteiger partial charge in [0.25, 0.3) is 0 Å². The number of halogens is 1. The average Bonchev–Trinajstić information content (AvgIpc) is 2.95. The predicted octanol–water partition coefficient (Wildman–Crippen LogP) is 3.89. The molecule has 1 aliphatic heterocycles. The van der Waals surface area contributed by atoms with Crippen molar-refractivity contribution in [3.05, 3.63) is 53.3 Å². The Morgan fingerprint density at radius 3 is 3.15 bits per heavy atom. The van der Waals surface area contributed by atoms with E-state index in [9.17, 15) is 0 Å². The Kier molecular flexibility index (Phi) is 4.08. The van der Waals surface area contributed by atoms with Crippen molar-refractivity contribution in [3.8, 4) is 0 Å². The van der Waals surface area contributed by atoms with E-state index in [0.717, 1.165) is 31.6 Å². The van der Waals surface area contributed by atoms with Crippen LogP contribution in [0.15, 0.2) is 36.7 Å². The summed E-state index contributed by atoms with van der Waals surface area (Å²) in [5.41, 5.74) is 3.76. The third-order valence-electron chi connectivity index (χ3n) is 3.82. The minimum absolute atomic E-state index is 0.0447. The van der Waals surface area contributed by atoms with Gasteiger partial charge in [-0.25, -0.2) is 0 Å². The molecule has 0 fully saturated rings. The van der Waals surface area contributed by atoms with Gasteiger partial charge in [-0.2, -0.15) is 5.10 Å². The Hall–Kier alpha value is -1.32. The van der Waals surface area contributed by atoms with Crippen molar-refractivity contribution in [3.63, 3.8) is 0 Å². The fourth-order valence-corrected chi connectivity index (χ4v) is 2.79. The van der Waals surface area contributed by atoms with Crippen LogP contribution in [0.25, 0.3) is 0 Å². The molecule has 0 saturated carbocycles. The number of benzene rings is 1. The molecule has 1 aromatic carbocycles. The summed E-state index contributed by atoms with van der Waals surface area (Å²) in [6.07, 6.45) is 5.88. The maximum atomic E-state index is 6.24. The zero-order valence-corrected chi connectivity index (χ0v) is 12.4. The second-order valence-corrected chi connectivity index (χ2v) is 5.71. The Bertz CT molecular complexity index is 581. The molecule has 2 heterocycles. The summed E-state index contributed by atoms with van der Waals surface area (Å²) in [6, 6.07) is 8.50. The topological polar surface area (TPSA) is 27.1 Å². The molecule has 106 valence electrons. The maximum absolute atomic E-state index is 6.24. The summed E-state index contributed by atoms with van der Waals surface area (Å²) in [6.45, 7) is 3.60. The molecule has 2 atom stereocenters. The highest BCUT2D eigenvalue weighted by Gasteiger charge is 2.21. The number of nitrogens with zero attached hydrogens (tertiary/aromatic N) is 2. The molecule has 0 aliphatic carbocycles. The van der Waals surface area contributed by atoms with Crippen LogP contribution in [0.4, 0.5) is 0 Å². The van der Waals surface area contributed by atoms with Gasteiger partial charge in [-0.15, -0.1) is 11.6 Å². The lowest BCUT2D eigenvalue weighted by Crippen LogP contribution is -2.20. The molecule has 2 unspecified atom stereocenters. The number of fused-ring (bicyclic) bond motifs is 1. The van der Waals surface area contributed by atoms with Crippen LogP contribution in [-0.4, -0.2) is 16.4 Å². The Morgan fingerprint density at radius 1 is 1.45 bits per heavy atom. The normalized spacial score (nSPS) is 19.6. The van der Waals surface area contributed by atoms with Crippen LogP contribution in [0.5, 0.6) is 0 Å². The van der Waals surface area contributed by atoms with Gasteiger partial charge in [0.05, 0.1) is 24.7 Å². The first-order valence-electron chi connectivity index (χ1n) is 7.13. The summed E-state index contributed by atoms with van der Waals surface area (Å²) < 4.78 is 7.85. The van der Waals surface area contributed by atoms with E-state index in [-0.39, 0.29) is 11.5 Å². The Balaban J connectivity index is 1.77. The summed E-state index contributed by atoms with van der Waals surface area (Å²) in [5, 5.41) is 4.45. The van der Waals surface area contributed by atoms with Gasteiger partial charge in [0.1, 0.15) is 6.10 Å². The monoisotopic (exact) mass is 290 g/mol.